The lowest BCUT2D eigenvalue weighted by Crippen LogP contribution is -2.26. The van der Waals surface area contributed by atoms with E-state index in [1.165, 1.54) is 22.7 Å². The summed E-state index contributed by atoms with van der Waals surface area (Å²) in [6, 6.07) is 11.7. The Morgan fingerprint density at radius 2 is 1.78 bits per heavy atom. The number of amides is 1. The first-order chi connectivity index (χ1) is 11.1. The normalized spacial score (nSPS) is 10.4. The van der Waals surface area contributed by atoms with Crippen LogP contribution >= 0.6 is 23.5 Å². The van der Waals surface area contributed by atoms with E-state index in [0.29, 0.717) is 23.3 Å². The van der Waals surface area contributed by atoms with Crippen LogP contribution in [0.5, 0.6) is 0 Å². The van der Waals surface area contributed by atoms with Gasteiger partial charge in [-0.3, -0.25) is 4.79 Å². The molecular formula is C15H19N5OS2. The molecule has 1 aromatic heterocycles. The molecule has 0 bridgehead atoms. The molecule has 0 spiro atoms. The number of nitrogens with zero attached hydrogens (tertiary/aromatic N) is 2. The molecule has 0 fully saturated rings. The number of nitrogens with two attached hydrogens (primary N) is 2. The zero-order valence-corrected chi connectivity index (χ0v) is 14.2. The van der Waals surface area contributed by atoms with Gasteiger partial charge in [0.2, 0.25) is 5.91 Å². The third-order valence-corrected chi connectivity index (χ3v) is 4.68. The van der Waals surface area contributed by atoms with Crippen LogP contribution < -0.4 is 16.8 Å². The van der Waals surface area contributed by atoms with E-state index >= 15 is 0 Å². The molecule has 6 nitrogen and oxygen atoms in total. The Labute approximate surface area is 143 Å². The summed E-state index contributed by atoms with van der Waals surface area (Å²) in [4.78, 5) is 21.0. The smallest absolute Gasteiger partial charge is 0.230 e. The third-order valence-electron chi connectivity index (χ3n) is 2.73. The highest BCUT2D eigenvalue weighted by molar-refractivity contribution is 7.99. The molecule has 2 aromatic rings. The van der Waals surface area contributed by atoms with Crippen molar-refractivity contribution in [3.8, 4) is 0 Å². The monoisotopic (exact) mass is 349 g/mol. The van der Waals surface area contributed by atoms with Crippen molar-refractivity contribution in [1.29, 1.82) is 0 Å². The van der Waals surface area contributed by atoms with Crippen molar-refractivity contribution in [3.63, 3.8) is 0 Å². The fraction of sp³-hybridized carbons (Fsp3) is 0.267. The number of nitrogens with one attached hydrogen (secondary N) is 1. The Hall–Kier alpha value is -1.93. The van der Waals surface area contributed by atoms with Gasteiger partial charge in [-0.2, -0.15) is 0 Å². The van der Waals surface area contributed by atoms with E-state index < -0.39 is 0 Å². The largest absolute Gasteiger partial charge is 0.383 e. The highest BCUT2D eigenvalue weighted by Crippen LogP contribution is 2.17. The second-order valence-corrected chi connectivity index (χ2v) is 6.76. The first-order valence-corrected chi connectivity index (χ1v) is 9.08. The molecule has 0 radical (unpaired) electrons. The Morgan fingerprint density at radius 3 is 2.48 bits per heavy atom. The van der Waals surface area contributed by atoms with Crippen LogP contribution in [-0.4, -0.2) is 33.9 Å². The zero-order chi connectivity index (χ0) is 16.5. The quantitative estimate of drug-likeness (QED) is 0.380. The number of rotatable bonds is 8. The van der Waals surface area contributed by atoms with Gasteiger partial charge in [-0.05, 0) is 24.3 Å². The molecule has 23 heavy (non-hydrogen) atoms. The van der Waals surface area contributed by atoms with E-state index in [0.717, 1.165) is 12.2 Å². The van der Waals surface area contributed by atoms with Gasteiger partial charge in [0.05, 0.1) is 5.75 Å². The van der Waals surface area contributed by atoms with Crippen LogP contribution in [0.3, 0.4) is 0 Å². The number of nitrogen functional groups attached to an aromatic ring is 2. The molecule has 122 valence electrons. The Kier molecular flexibility index (Phi) is 7.02. The van der Waals surface area contributed by atoms with Crippen molar-refractivity contribution in [3.05, 3.63) is 36.4 Å². The number of hydrogen-bond acceptors (Lipinski definition) is 7. The summed E-state index contributed by atoms with van der Waals surface area (Å²) >= 11 is 3.00. The lowest BCUT2D eigenvalue weighted by molar-refractivity contribution is -0.118. The van der Waals surface area contributed by atoms with E-state index in [-0.39, 0.29) is 11.7 Å². The molecule has 0 saturated heterocycles. The second kappa shape index (κ2) is 9.26. The van der Waals surface area contributed by atoms with Gasteiger partial charge < -0.3 is 16.8 Å². The number of anilines is 2. The summed E-state index contributed by atoms with van der Waals surface area (Å²) in [6.07, 6.45) is 0.914. The first-order valence-electron chi connectivity index (χ1n) is 7.11. The molecule has 0 atom stereocenters. The molecule has 0 saturated carbocycles. The maximum atomic E-state index is 11.8. The summed E-state index contributed by atoms with van der Waals surface area (Å²) in [5.74, 6) is 1.77. The molecular weight excluding hydrogens is 330 g/mol. The van der Waals surface area contributed by atoms with Gasteiger partial charge >= 0.3 is 0 Å². The Morgan fingerprint density at radius 1 is 1.09 bits per heavy atom. The highest BCUT2D eigenvalue weighted by Gasteiger charge is 2.06. The molecule has 5 N–H and O–H groups in total. The summed E-state index contributed by atoms with van der Waals surface area (Å²) in [6.45, 7) is 0.652. The number of benzene rings is 1. The number of carbonyl (C=O) groups excluding carboxylic acids is 1. The van der Waals surface area contributed by atoms with Gasteiger partial charge in [-0.1, -0.05) is 30.0 Å². The predicted octanol–water partition coefficient (Wildman–Crippen LogP) is 2.03. The van der Waals surface area contributed by atoms with Crippen LogP contribution in [0.25, 0.3) is 0 Å². The molecule has 0 aliphatic heterocycles. The van der Waals surface area contributed by atoms with Gasteiger partial charge in [0, 0.05) is 17.5 Å². The maximum Gasteiger partial charge on any atom is 0.230 e. The van der Waals surface area contributed by atoms with Gasteiger partial charge in [0.15, 0.2) is 5.16 Å². The minimum absolute atomic E-state index is 0.0516. The van der Waals surface area contributed by atoms with Crippen molar-refractivity contribution in [1.82, 2.24) is 15.3 Å². The number of thioether (sulfide) groups is 2. The Bertz CT molecular complexity index is 619. The highest BCUT2D eigenvalue weighted by atomic mass is 32.2. The van der Waals surface area contributed by atoms with Gasteiger partial charge in [-0.15, -0.1) is 11.8 Å². The van der Waals surface area contributed by atoms with Crippen LogP contribution in [0.4, 0.5) is 11.6 Å². The molecule has 1 heterocycles. The first kappa shape index (κ1) is 17.4. The molecule has 2 rings (SSSR count). The van der Waals surface area contributed by atoms with E-state index in [9.17, 15) is 4.79 Å². The van der Waals surface area contributed by atoms with Crippen LogP contribution in [0.15, 0.2) is 46.5 Å². The Balaban J connectivity index is 1.60. The van der Waals surface area contributed by atoms with Crippen molar-refractivity contribution in [2.24, 2.45) is 0 Å². The second-order valence-electron chi connectivity index (χ2n) is 4.65. The summed E-state index contributed by atoms with van der Waals surface area (Å²) in [5.41, 5.74) is 11.2. The van der Waals surface area contributed by atoms with Crippen LogP contribution in [-0.2, 0) is 4.79 Å². The van der Waals surface area contributed by atoms with E-state index in [2.05, 4.69) is 27.4 Å². The molecule has 0 aliphatic rings. The van der Waals surface area contributed by atoms with Gasteiger partial charge in [-0.25, -0.2) is 9.97 Å². The fourth-order valence-corrected chi connectivity index (χ4v) is 3.29. The van der Waals surface area contributed by atoms with Crippen molar-refractivity contribution in [2.45, 2.75) is 16.5 Å². The summed E-state index contributed by atoms with van der Waals surface area (Å²) < 4.78 is 0. The zero-order valence-electron chi connectivity index (χ0n) is 12.6. The number of hydrogen-bond donors (Lipinski definition) is 3. The predicted molar refractivity (Wildman–Crippen MR) is 96.4 cm³/mol. The lowest BCUT2D eigenvalue weighted by atomic mass is 10.4. The molecule has 0 aliphatic carbocycles. The summed E-state index contributed by atoms with van der Waals surface area (Å²) in [5, 5.41) is 3.29. The summed E-state index contributed by atoms with van der Waals surface area (Å²) in [7, 11) is 0. The van der Waals surface area contributed by atoms with Crippen molar-refractivity contribution >= 4 is 41.1 Å². The van der Waals surface area contributed by atoms with Crippen LogP contribution in [0, 0.1) is 0 Å². The fourth-order valence-electron chi connectivity index (χ4n) is 1.71. The van der Waals surface area contributed by atoms with Crippen LogP contribution in [0.1, 0.15) is 6.42 Å². The lowest BCUT2D eigenvalue weighted by Gasteiger charge is -2.05. The minimum atomic E-state index is -0.0516. The number of aromatic nitrogens is 2. The standard InChI is InChI=1S/C15H19N5OS2/c16-12-9-13(17)20-15(19-12)23-10-14(21)18-7-4-8-22-11-5-2-1-3-6-11/h1-3,5-6,9H,4,7-8,10H2,(H,18,21)(H4,16,17,19,20). The minimum Gasteiger partial charge on any atom is -0.383 e. The van der Waals surface area contributed by atoms with Crippen molar-refractivity contribution in [2.75, 3.05) is 29.5 Å². The molecule has 8 heteroatoms. The SMILES string of the molecule is Nc1cc(N)nc(SCC(=O)NCCCSc2ccccc2)n1. The van der Waals surface area contributed by atoms with E-state index in [4.69, 9.17) is 11.5 Å². The average Bonchev–Trinajstić information content (AvgIpc) is 2.53. The van der Waals surface area contributed by atoms with Gasteiger partial charge in [0.25, 0.3) is 0 Å². The van der Waals surface area contributed by atoms with E-state index in [1.54, 1.807) is 11.8 Å². The average molecular weight is 349 g/mol. The molecule has 1 amide bonds. The van der Waals surface area contributed by atoms with Crippen molar-refractivity contribution < 1.29 is 4.79 Å². The van der Waals surface area contributed by atoms with Gasteiger partial charge in [0.1, 0.15) is 11.6 Å². The van der Waals surface area contributed by atoms with Crippen LogP contribution in [0.2, 0.25) is 0 Å². The number of carbonyl (C=O) groups is 1. The molecule has 1 aromatic carbocycles. The topological polar surface area (TPSA) is 107 Å². The van der Waals surface area contributed by atoms with E-state index in [1.807, 2.05) is 18.2 Å². The molecule has 0 unspecified atom stereocenters. The third kappa shape index (κ3) is 6.79. The maximum absolute atomic E-state index is 11.8.